The van der Waals surface area contributed by atoms with Gasteiger partial charge in [0.15, 0.2) is 23.0 Å². The number of aliphatic hydroxyl groups is 4. The van der Waals surface area contributed by atoms with Crippen LogP contribution in [-0.2, 0) is 23.1 Å². The lowest BCUT2D eigenvalue weighted by Crippen LogP contribution is -2.36. The molecule has 6 rings (SSSR count). The van der Waals surface area contributed by atoms with E-state index >= 15 is 0 Å². The van der Waals surface area contributed by atoms with Crippen molar-refractivity contribution >= 4 is 30.6 Å². The Hall–Kier alpha value is -3.63. The summed E-state index contributed by atoms with van der Waals surface area (Å²) in [5.41, 5.74) is 4.31. The largest absolute Gasteiger partial charge is 0.472 e. The number of phosphoric ester groups is 1. The summed E-state index contributed by atoms with van der Waals surface area (Å²) in [6, 6.07) is 0. The molecule has 4 aromatic heterocycles. The topological polar surface area (TPSA) is 308 Å². The summed E-state index contributed by atoms with van der Waals surface area (Å²) in [7, 11) is -5.07. The molecule has 42 heavy (non-hydrogen) atoms. The fourth-order valence-corrected chi connectivity index (χ4v) is 5.81. The van der Waals surface area contributed by atoms with Gasteiger partial charge in [0.1, 0.15) is 42.7 Å². The van der Waals surface area contributed by atoms with Gasteiger partial charge in [0, 0.05) is 5.56 Å². The van der Waals surface area contributed by atoms with E-state index in [0.29, 0.717) is 0 Å². The fraction of sp³-hybridized carbons (Fsp3) is 0.500. The van der Waals surface area contributed by atoms with Crippen LogP contribution in [0.25, 0.3) is 16.8 Å². The number of anilines is 1. The van der Waals surface area contributed by atoms with E-state index in [1.165, 1.54) is 6.20 Å². The molecule has 2 aliphatic heterocycles. The smallest absolute Gasteiger partial charge is 0.394 e. The maximum atomic E-state index is 13.0. The predicted octanol–water partition coefficient (Wildman–Crippen LogP) is -3.95. The van der Waals surface area contributed by atoms with Crippen LogP contribution in [0.5, 0.6) is 0 Å². The van der Waals surface area contributed by atoms with Crippen LogP contribution in [0.15, 0.2) is 28.4 Å². The molecule has 0 radical (unpaired) electrons. The van der Waals surface area contributed by atoms with Crippen molar-refractivity contribution in [2.45, 2.75) is 49.0 Å². The molecule has 0 amide bonds. The van der Waals surface area contributed by atoms with E-state index in [4.69, 9.17) is 24.3 Å². The Morgan fingerprint density at radius 2 is 1.88 bits per heavy atom. The number of ether oxygens (including phenoxy) is 2. The first-order valence-corrected chi connectivity index (χ1v) is 13.7. The number of nitrogens with one attached hydrogen (secondary N) is 2. The molecule has 2 aliphatic rings. The predicted molar refractivity (Wildman–Crippen MR) is 133 cm³/mol. The number of hydrogen-bond acceptors (Lipinski definition) is 16. The zero-order chi connectivity index (χ0) is 29.9. The van der Waals surface area contributed by atoms with Gasteiger partial charge in [-0.05, 0) is 0 Å². The molecule has 0 spiro atoms. The van der Waals surface area contributed by atoms with E-state index in [1.54, 1.807) is 0 Å². The van der Waals surface area contributed by atoms with Crippen LogP contribution in [0.1, 0.15) is 17.9 Å². The van der Waals surface area contributed by atoms with Gasteiger partial charge in [-0.1, -0.05) is 0 Å². The standard InChI is InChI=1S/C20H24N9O12P/c21-19-26-16-9(17(34)27-19)24-5-28(16)18-14(11(32)7(2-30)40-18)41-42(36,37)38-3-8-10(31)12(33)13(39-8)6-1-25-29-15(6)22-4-23-20(29)35/h1,4-5,7-8,10-14,18,30-33H,2-3H2,(H,36,37)(H,22,23,35)(H3,21,26,27,34)/t7-,8-,10+,11+,12+,13+,14?,18-/m1/s1. The minimum atomic E-state index is -5.07. The first-order valence-electron chi connectivity index (χ1n) is 12.2. The Morgan fingerprint density at radius 3 is 2.64 bits per heavy atom. The minimum Gasteiger partial charge on any atom is -0.394 e. The average Bonchev–Trinajstić information content (AvgIpc) is 3.69. The third kappa shape index (κ3) is 4.80. The molecule has 226 valence electrons. The highest BCUT2D eigenvalue weighted by atomic mass is 31.2. The van der Waals surface area contributed by atoms with Crippen molar-refractivity contribution in [3.05, 3.63) is 45.3 Å². The average molecular weight is 613 g/mol. The van der Waals surface area contributed by atoms with Gasteiger partial charge in [-0.25, -0.2) is 19.3 Å². The van der Waals surface area contributed by atoms with E-state index in [0.717, 1.165) is 21.7 Å². The van der Waals surface area contributed by atoms with Crippen LogP contribution in [-0.4, -0.2) is 114 Å². The molecule has 9 N–H and O–H groups in total. The Labute approximate surface area is 231 Å². The normalized spacial score (nSPS) is 31.3. The molecule has 21 nitrogen and oxygen atoms in total. The summed E-state index contributed by atoms with van der Waals surface area (Å²) in [4.78, 5) is 51.1. The maximum absolute atomic E-state index is 13.0. The highest BCUT2D eigenvalue weighted by Crippen LogP contribution is 2.50. The highest BCUT2D eigenvalue weighted by Gasteiger charge is 2.50. The van der Waals surface area contributed by atoms with Crippen LogP contribution in [0, 0.1) is 0 Å². The van der Waals surface area contributed by atoms with Gasteiger partial charge in [-0.15, -0.1) is 0 Å². The van der Waals surface area contributed by atoms with Gasteiger partial charge in [-0.2, -0.15) is 14.6 Å². The van der Waals surface area contributed by atoms with Gasteiger partial charge in [0.05, 0.1) is 32.1 Å². The van der Waals surface area contributed by atoms with Crippen molar-refractivity contribution in [2.75, 3.05) is 18.9 Å². The summed E-state index contributed by atoms with van der Waals surface area (Å²) in [5.74, 6) is -0.262. The number of nitrogen functional groups attached to an aromatic ring is 1. The van der Waals surface area contributed by atoms with Crippen LogP contribution >= 0.6 is 7.82 Å². The number of rotatable bonds is 8. The van der Waals surface area contributed by atoms with Crippen molar-refractivity contribution in [1.82, 2.24) is 39.1 Å². The van der Waals surface area contributed by atoms with E-state index < -0.39 is 81.2 Å². The van der Waals surface area contributed by atoms with Crippen LogP contribution in [0.3, 0.4) is 0 Å². The van der Waals surface area contributed by atoms with Gasteiger partial charge < -0.3 is 40.5 Å². The first kappa shape index (κ1) is 28.5. The molecule has 9 atom stereocenters. The lowest BCUT2D eigenvalue weighted by Gasteiger charge is -2.24. The second kappa shape index (κ2) is 10.6. The number of aromatic amines is 2. The number of phosphoric acid groups is 1. The minimum absolute atomic E-state index is 0.0534. The van der Waals surface area contributed by atoms with Gasteiger partial charge >= 0.3 is 13.5 Å². The third-order valence-corrected chi connectivity index (χ3v) is 7.87. The zero-order valence-electron chi connectivity index (χ0n) is 21.1. The summed E-state index contributed by atoms with van der Waals surface area (Å²) in [6.07, 6.45) is -8.32. The van der Waals surface area contributed by atoms with Crippen molar-refractivity contribution in [2.24, 2.45) is 0 Å². The SMILES string of the molecule is Nc1nc2c(ncn2[C@@H]2O[C@H](CO)[C@H](O)C2OP(=O)(O)OC[C@H]2O[C@@H](c3cnn4c(=O)[nH]cnc34)[C@@H](O)[C@H]2O)c(=O)[nH]1. The van der Waals surface area contributed by atoms with Crippen LogP contribution < -0.4 is 17.0 Å². The highest BCUT2D eigenvalue weighted by molar-refractivity contribution is 7.47. The third-order valence-electron chi connectivity index (χ3n) is 6.88. The van der Waals surface area contributed by atoms with Crippen LogP contribution in [0.4, 0.5) is 5.95 Å². The number of nitrogens with two attached hydrogens (primary N) is 1. The van der Waals surface area contributed by atoms with Crippen molar-refractivity contribution in [3.63, 3.8) is 0 Å². The van der Waals surface area contributed by atoms with E-state index in [9.17, 15) is 39.5 Å². The molecule has 2 saturated heterocycles. The monoisotopic (exact) mass is 613 g/mol. The Bertz CT molecular complexity index is 1790. The molecule has 0 bridgehead atoms. The number of fused-ring (bicyclic) bond motifs is 2. The zero-order valence-corrected chi connectivity index (χ0v) is 22.0. The van der Waals surface area contributed by atoms with E-state index in [-0.39, 0.29) is 28.3 Å². The number of nitrogens with zero attached hydrogens (tertiary/aromatic N) is 6. The van der Waals surface area contributed by atoms with Crippen molar-refractivity contribution < 1.29 is 48.4 Å². The molecular formula is C20H24N9O12P. The first-order chi connectivity index (χ1) is 20.0. The molecular weight excluding hydrogens is 589 g/mol. The summed E-state index contributed by atoms with van der Waals surface area (Å²) >= 11 is 0. The molecule has 2 unspecified atom stereocenters. The molecule has 6 heterocycles. The molecule has 2 fully saturated rings. The number of aliphatic hydroxyl groups excluding tert-OH is 4. The summed E-state index contributed by atoms with van der Waals surface area (Å²) in [5, 5.41) is 45.3. The number of hydrogen-bond donors (Lipinski definition) is 8. The molecule has 0 saturated carbocycles. The second-order valence-corrected chi connectivity index (χ2v) is 10.9. The molecule has 0 aliphatic carbocycles. The number of imidazole rings is 1. The maximum Gasteiger partial charge on any atom is 0.472 e. The Balaban J connectivity index is 1.19. The van der Waals surface area contributed by atoms with Gasteiger partial charge in [0.25, 0.3) is 5.56 Å². The van der Waals surface area contributed by atoms with Crippen molar-refractivity contribution in [3.8, 4) is 0 Å². The molecule has 0 aromatic carbocycles. The Kier molecular flexibility index (Phi) is 7.17. The molecule has 22 heteroatoms. The van der Waals surface area contributed by atoms with Gasteiger partial charge in [0.2, 0.25) is 5.95 Å². The Morgan fingerprint density at radius 1 is 1.10 bits per heavy atom. The summed E-state index contributed by atoms with van der Waals surface area (Å²) in [6.45, 7) is -1.47. The van der Waals surface area contributed by atoms with Gasteiger partial charge in [-0.3, -0.25) is 28.4 Å². The molecule has 4 aromatic rings. The number of H-pyrrole nitrogens is 2. The quantitative estimate of drug-likeness (QED) is 0.0879. The second-order valence-electron chi connectivity index (χ2n) is 9.47. The van der Waals surface area contributed by atoms with E-state index in [2.05, 4.69) is 30.0 Å². The van der Waals surface area contributed by atoms with E-state index in [1.807, 2.05) is 0 Å². The number of aromatic nitrogens is 8. The van der Waals surface area contributed by atoms with Crippen molar-refractivity contribution in [1.29, 1.82) is 0 Å². The fourth-order valence-electron chi connectivity index (χ4n) is 4.87. The lowest BCUT2D eigenvalue weighted by atomic mass is 10.0. The lowest BCUT2D eigenvalue weighted by molar-refractivity contribution is -0.0550. The van der Waals surface area contributed by atoms with Crippen LogP contribution in [0.2, 0.25) is 0 Å². The summed E-state index contributed by atoms with van der Waals surface area (Å²) < 4.78 is 36.5.